The fourth-order valence-electron chi connectivity index (χ4n) is 2.78. The number of carbonyl (C=O) groups excluding carboxylic acids is 1. The Morgan fingerprint density at radius 3 is 2.76 bits per heavy atom. The Morgan fingerprint density at radius 2 is 2.14 bits per heavy atom. The molecule has 116 valence electrons. The molecule has 2 saturated heterocycles. The van der Waals surface area contributed by atoms with Crippen LogP contribution >= 0.6 is 11.3 Å². The van der Waals surface area contributed by atoms with Crippen LogP contribution in [-0.2, 0) is 4.74 Å². The first-order chi connectivity index (χ1) is 10.0. The summed E-state index contributed by atoms with van der Waals surface area (Å²) in [5.74, 6) is 0.835. The number of amides is 1. The number of nitrogens with zero attached hydrogens (tertiary/aromatic N) is 2. The van der Waals surface area contributed by atoms with Gasteiger partial charge in [0, 0.05) is 19.6 Å². The number of rotatable bonds is 4. The van der Waals surface area contributed by atoms with Crippen molar-refractivity contribution in [3.63, 3.8) is 0 Å². The van der Waals surface area contributed by atoms with Gasteiger partial charge in [-0.2, -0.15) is 0 Å². The highest BCUT2D eigenvalue weighted by Crippen LogP contribution is 2.31. The molecule has 0 aromatic carbocycles. The molecule has 2 atom stereocenters. The van der Waals surface area contributed by atoms with Gasteiger partial charge in [0.1, 0.15) is 10.7 Å². The largest absolute Gasteiger partial charge is 0.382 e. The highest BCUT2D eigenvalue weighted by Gasteiger charge is 2.37. The molecule has 0 aliphatic carbocycles. The molecule has 2 aliphatic heterocycles. The highest BCUT2D eigenvalue weighted by molar-refractivity contribution is 7.18. The number of hydrogen-bond donors (Lipinski definition) is 2. The van der Waals surface area contributed by atoms with Crippen molar-refractivity contribution >= 4 is 28.2 Å². The van der Waals surface area contributed by atoms with Gasteiger partial charge in [0.2, 0.25) is 0 Å². The maximum Gasteiger partial charge on any atom is 0.268 e. The molecule has 2 bridgehead atoms. The van der Waals surface area contributed by atoms with E-state index in [4.69, 9.17) is 10.5 Å². The van der Waals surface area contributed by atoms with E-state index in [-0.39, 0.29) is 18.1 Å². The lowest BCUT2D eigenvalue weighted by Gasteiger charge is -2.31. The summed E-state index contributed by atoms with van der Waals surface area (Å²) in [6, 6.07) is 0. The maximum absolute atomic E-state index is 12.6. The molecule has 1 aromatic rings. The van der Waals surface area contributed by atoms with E-state index >= 15 is 0 Å². The van der Waals surface area contributed by atoms with E-state index < -0.39 is 0 Å². The molecule has 0 saturated carbocycles. The summed E-state index contributed by atoms with van der Waals surface area (Å²) in [4.78, 5) is 19.3. The molecule has 21 heavy (non-hydrogen) atoms. The minimum Gasteiger partial charge on any atom is -0.382 e. The van der Waals surface area contributed by atoms with Crippen LogP contribution in [0, 0.1) is 5.92 Å². The lowest BCUT2D eigenvalue weighted by Crippen LogP contribution is -2.45. The van der Waals surface area contributed by atoms with Crippen molar-refractivity contribution in [3.05, 3.63) is 4.88 Å². The van der Waals surface area contributed by atoms with E-state index in [9.17, 15) is 4.79 Å². The van der Waals surface area contributed by atoms with Gasteiger partial charge >= 0.3 is 0 Å². The van der Waals surface area contributed by atoms with E-state index in [2.05, 4.69) is 24.1 Å². The number of anilines is 2. The molecule has 0 spiro atoms. The van der Waals surface area contributed by atoms with Crippen LogP contribution in [0.25, 0.3) is 0 Å². The summed E-state index contributed by atoms with van der Waals surface area (Å²) in [5, 5.41) is 3.95. The first-order valence-electron chi connectivity index (χ1n) is 7.48. The zero-order chi connectivity index (χ0) is 15.0. The Morgan fingerprint density at radius 1 is 1.48 bits per heavy atom. The van der Waals surface area contributed by atoms with Crippen LogP contribution < -0.4 is 11.1 Å². The van der Waals surface area contributed by atoms with Crippen molar-refractivity contribution in [3.8, 4) is 0 Å². The number of thiazole rings is 1. The van der Waals surface area contributed by atoms with Crippen molar-refractivity contribution in [2.45, 2.75) is 38.9 Å². The van der Waals surface area contributed by atoms with Crippen LogP contribution in [0.4, 0.5) is 10.9 Å². The molecular weight excluding hydrogens is 288 g/mol. The Bertz CT molecular complexity index is 519. The summed E-state index contributed by atoms with van der Waals surface area (Å²) >= 11 is 1.35. The highest BCUT2D eigenvalue weighted by atomic mass is 32.1. The molecular formula is C14H22N4O2S. The molecule has 1 aromatic heterocycles. The van der Waals surface area contributed by atoms with Crippen LogP contribution in [0.1, 0.15) is 36.4 Å². The Hall–Kier alpha value is -1.34. The van der Waals surface area contributed by atoms with Gasteiger partial charge in [0.15, 0.2) is 5.13 Å². The third-order valence-electron chi connectivity index (χ3n) is 3.84. The van der Waals surface area contributed by atoms with Crippen molar-refractivity contribution in [2.24, 2.45) is 5.92 Å². The van der Waals surface area contributed by atoms with Crippen molar-refractivity contribution in [1.82, 2.24) is 9.88 Å². The standard InChI is InChI=1S/C14H22N4O2S/c1-8(2)5-16-14-17-12(15)11(21-14)13(19)18-6-9-3-4-10(7-18)20-9/h8-10H,3-7,15H2,1-2H3,(H,16,17). The van der Waals surface area contributed by atoms with Crippen LogP contribution in [0.2, 0.25) is 0 Å². The normalized spacial score (nSPS) is 24.6. The Balaban J connectivity index is 1.69. The summed E-state index contributed by atoms with van der Waals surface area (Å²) in [5.41, 5.74) is 5.92. The predicted octanol–water partition coefficient (Wildman–Crippen LogP) is 1.80. The van der Waals surface area contributed by atoms with Gasteiger partial charge in [0.25, 0.3) is 5.91 Å². The van der Waals surface area contributed by atoms with E-state index in [1.54, 1.807) is 0 Å². The molecule has 1 amide bonds. The SMILES string of the molecule is CC(C)CNc1nc(N)c(C(=O)N2CC3CCC(C2)O3)s1. The number of nitrogen functional groups attached to an aromatic ring is 1. The Labute approximate surface area is 128 Å². The van der Waals surface area contributed by atoms with Gasteiger partial charge in [-0.05, 0) is 18.8 Å². The fourth-order valence-corrected chi connectivity index (χ4v) is 3.64. The molecule has 6 nitrogen and oxygen atoms in total. The lowest BCUT2D eigenvalue weighted by molar-refractivity contribution is -0.0301. The zero-order valence-corrected chi connectivity index (χ0v) is 13.3. The van der Waals surface area contributed by atoms with Gasteiger partial charge in [-0.3, -0.25) is 4.79 Å². The number of nitrogens with two attached hydrogens (primary N) is 1. The minimum atomic E-state index is -0.0113. The van der Waals surface area contributed by atoms with Crippen molar-refractivity contribution in [2.75, 3.05) is 30.7 Å². The third kappa shape index (κ3) is 3.13. The van der Waals surface area contributed by atoms with Crippen LogP contribution in [0.5, 0.6) is 0 Å². The van der Waals surface area contributed by atoms with Gasteiger partial charge in [-0.15, -0.1) is 0 Å². The van der Waals surface area contributed by atoms with Crippen molar-refractivity contribution < 1.29 is 9.53 Å². The summed E-state index contributed by atoms with van der Waals surface area (Å²) in [7, 11) is 0. The second-order valence-corrected chi connectivity index (χ2v) is 7.17. The number of ether oxygens (including phenoxy) is 1. The molecule has 2 fully saturated rings. The summed E-state index contributed by atoms with van der Waals surface area (Å²) in [6.45, 7) is 6.41. The second-order valence-electron chi connectivity index (χ2n) is 6.18. The number of hydrogen-bond acceptors (Lipinski definition) is 6. The van der Waals surface area contributed by atoms with Gasteiger partial charge < -0.3 is 20.7 Å². The maximum atomic E-state index is 12.6. The number of likely N-dealkylation sites (tertiary alicyclic amines) is 1. The number of fused-ring (bicyclic) bond motifs is 2. The Kier molecular flexibility index (Phi) is 4.03. The first kappa shape index (κ1) is 14.6. The van der Waals surface area contributed by atoms with E-state index in [1.807, 2.05) is 4.90 Å². The molecule has 3 N–H and O–H groups in total. The quantitative estimate of drug-likeness (QED) is 0.886. The smallest absolute Gasteiger partial charge is 0.268 e. The van der Waals surface area contributed by atoms with Gasteiger partial charge in [0.05, 0.1) is 12.2 Å². The topological polar surface area (TPSA) is 80.5 Å². The zero-order valence-electron chi connectivity index (χ0n) is 12.5. The number of nitrogens with one attached hydrogen (secondary N) is 1. The van der Waals surface area contributed by atoms with E-state index in [1.165, 1.54) is 11.3 Å². The third-order valence-corrected chi connectivity index (χ3v) is 4.86. The monoisotopic (exact) mass is 310 g/mol. The van der Waals surface area contributed by atoms with Crippen LogP contribution in [-0.4, -0.2) is 47.6 Å². The van der Waals surface area contributed by atoms with Gasteiger partial charge in [-0.1, -0.05) is 25.2 Å². The first-order valence-corrected chi connectivity index (χ1v) is 8.29. The molecule has 2 aliphatic rings. The molecule has 3 heterocycles. The average Bonchev–Trinajstić information content (AvgIpc) is 2.98. The van der Waals surface area contributed by atoms with Crippen molar-refractivity contribution in [1.29, 1.82) is 0 Å². The van der Waals surface area contributed by atoms with E-state index in [0.717, 1.165) is 24.5 Å². The molecule has 0 radical (unpaired) electrons. The average molecular weight is 310 g/mol. The number of carbonyl (C=O) groups is 1. The predicted molar refractivity (Wildman–Crippen MR) is 83.7 cm³/mol. The van der Waals surface area contributed by atoms with E-state index in [0.29, 0.717) is 29.7 Å². The lowest BCUT2D eigenvalue weighted by atomic mass is 10.2. The minimum absolute atomic E-state index is 0.0113. The van der Waals surface area contributed by atoms with Crippen LogP contribution in [0.15, 0.2) is 0 Å². The molecule has 3 rings (SSSR count). The number of aromatic nitrogens is 1. The molecule has 7 heteroatoms. The number of morpholine rings is 1. The summed E-state index contributed by atoms with van der Waals surface area (Å²) in [6.07, 6.45) is 2.49. The van der Waals surface area contributed by atoms with Gasteiger partial charge in [-0.25, -0.2) is 4.98 Å². The second kappa shape index (κ2) is 5.81. The fraction of sp³-hybridized carbons (Fsp3) is 0.714. The van der Waals surface area contributed by atoms with Crippen LogP contribution in [0.3, 0.4) is 0 Å². The molecule has 2 unspecified atom stereocenters. The summed E-state index contributed by atoms with van der Waals surface area (Å²) < 4.78 is 5.76.